The van der Waals surface area contributed by atoms with Crippen molar-refractivity contribution in [3.8, 4) is 5.82 Å². The molecule has 3 heterocycles. The Bertz CT molecular complexity index is 727. The van der Waals surface area contributed by atoms with Gasteiger partial charge in [-0.15, -0.1) is 0 Å². The summed E-state index contributed by atoms with van der Waals surface area (Å²) >= 11 is 6.81. The summed E-state index contributed by atoms with van der Waals surface area (Å²) in [6, 6.07) is 7.53. The zero-order valence-electron chi connectivity index (χ0n) is 8.70. The van der Waals surface area contributed by atoms with Crippen molar-refractivity contribution < 1.29 is 0 Å². The molecule has 0 amide bonds. The summed E-state index contributed by atoms with van der Waals surface area (Å²) in [6.07, 6.45) is 3.38. The molecule has 6 heteroatoms. The average Bonchev–Trinajstić information content (AvgIpc) is 2.66. The van der Waals surface area contributed by atoms with Crippen LogP contribution in [-0.2, 0) is 0 Å². The Balaban J connectivity index is 2.33. The van der Waals surface area contributed by atoms with Gasteiger partial charge in [-0.05, 0) is 36.5 Å². The zero-order chi connectivity index (χ0) is 11.8. The highest BCUT2D eigenvalue weighted by molar-refractivity contribution is 7.73. The van der Waals surface area contributed by atoms with Gasteiger partial charge in [-0.3, -0.25) is 4.57 Å². The van der Waals surface area contributed by atoms with Gasteiger partial charge in [0.15, 0.2) is 3.95 Å². The minimum atomic E-state index is 0.637. The Morgan fingerprint density at radius 1 is 1.24 bits per heavy atom. The van der Waals surface area contributed by atoms with Gasteiger partial charge in [0, 0.05) is 6.20 Å². The fourth-order valence-corrected chi connectivity index (χ4v) is 2.86. The molecule has 3 rings (SSSR count). The number of anilines is 1. The van der Waals surface area contributed by atoms with E-state index < -0.39 is 0 Å². The van der Waals surface area contributed by atoms with Crippen LogP contribution in [0.4, 0.5) is 5.69 Å². The average molecular weight is 260 g/mol. The fraction of sp³-hybridized carbons (Fsp3) is 0. The van der Waals surface area contributed by atoms with Crippen molar-refractivity contribution in [1.29, 1.82) is 0 Å². The number of nitrogens with two attached hydrogens (primary N) is 1. The Labute approximate surface area is 106 Å². The van der Waals surface area contributed by atoms with Crippen LogP contribution in [0.2, 0.25) is 0 Å². The van der Waals surface area contributed by atoms with E-state index in [0.29, 0.717) is 5.69 Å². The van der Waals surface area contributed by atoms with E-state index in [2.05, 4.69) is 9.97 Å². The van der Waals surface area contributed by atoms with Gasteiger partial charge in [0.25, 0.3) is 0 Å². The number of aromatic nitrogens is 3. The van der Waals surface area contributed by atoms with Crippen molar-refractivity contribution in [2.24, 2.45) is 0 Å². The molecule has 84 valence electrons. The quantitative estimate of drug-likeness (QED) is 0.683. The molecule has 0 radical (unpaired) electrons. The summed E-state index contributed by atoms with van der Waals surface area (Å²) in [5.74, 6) is 0.767. The Kier molecular flexibility index (Phi) is 2.38. The van der Waals surface area contributed by atoms with Crippen molar-refractivity contribution in [3.63, 3.8) is 0 Å². The smallest absolute Gasteiger partial charge is 0.169 e. The third-order valence-corrected chi connectivity index (χ3v) is 3.66. The third kappa shape index (κ3) is 1.71. The van der Waals surface area contributed by atoms with Crippen molar-refractivity contribution in [2.75, 3.05) is 5.73 Å². The van der Waals surface area contributed by atoms with Crippen molar-refractivity contribution in [3.05, 3.63) is 40.6 Å². The van der Waals surface area contributed by atoms with Crippen LogP contribution < -0.4 is 5.73 Å². The summed E-state index contributed by atoms with van der Waals surface area (Å²) in [4.78, 5) is 9.48. The highest BCUT2D eigenvalue weighted by Gasteiger charge is 2.07. The summed E-state index contributed by atoms with van der Waals surface area (Å²) < 4.78 is 2.64. The Morgan fingerprint density at radius 3 is 2.88 bits per heavy atom. The lowest BCUT2D eigenvalue weighted by Gasteiger charge is -2.03. The van der Waals surface area contributed by atoms with Gasteiger partial charge in [-0.1, -0.05) is 11.3 Å². The summed E-state index contributed by atoms with van der Waals surface area (Å²) in [6.45, 7) is 0. The predicted molar refractivity (Wildman–Crippen MR) is 72.0 cm³/mol. The van der Waals surface area contributed by atoms with Crippen molar-refractivity contribution >= 4 is 39.6 Å². The molecule has 0 aliphatic rings. The van der Waals surface area contributed by atoms with E-state index in [-0.39, 0.29) is 0 Å². The molecule has 4 nitrogen and oxygen atoms in total. The largest absolute Gasteiger partial charge is 0.397 e. The maximum absolute atomic E-state index is 5.62. The minimum Gasteiger partial charge on any atom is -0.397 e. The molecule has 0 saturated carbocycles. The van der Waals surface area contributed by atoms with E-state index in [1.807, 2.05) is 28.8 Å². The second kappa shape index (κ2) is 3.90. The van der Waals surface area contributed by atoms with Gasteiger partial charge in [0.1, 0.15) is 10.6 Å². The standard InChI is InChI=1S/C11H8N4S2/c12-7-3-4-9(14-6-7)15-8-2-1-5-13-10(8)17-11(15)16/h1-6H,12H2. The van der Waals surface area contributed by atoms with Crippen LogP contribution in [0.3, 0.4) is 0 Å². The first-order valence-corrected chi connectivity index (χ1v) is 6.16. The number of thiazole rings is 1. The number of hydrogen-bond donors (Lipinski definition) is 1. The van der Waals surface area contributed by atoms with Crippen molar-refractivity contribution in [2.45, 2.75) is 0 Å². The SMILES string of the molecule is Nc1ccc(-n2c(=S)sc3ncccc32)nc1. The zero-order valence-corrected chi connectivity index (χ0v) is 10.3. The van der Waals surface area contributed by atoms with Gasteiger partial charge >= 0.3 is 0 Å². The topological polar surface area (TPSA) is 56.7 Å². The molecule has 0 aliphatic carbocycles. The fourth-order valence-electron chi connectivity index (χ4n) is 1.60. The van der Waals surface area contributed by atoms with E-state index in [4.69, 9.17) is 18.0 Å². The Hall–Kier alpha value is -1.79. The predicted octanol–water partition coefficient (Wildman–Crippen LogP) is 2.79. The molecule has 0 aromatic carbocycles. The first kappa shape index (κ1) is 10.4. The van der Waals surface area contributed by atoms with E-state index in [1.165, 1.54) is 11.3 Å². The van der Waals surface area contributed by atoms with Crippen LogP contribution in [0.5, 0.6) is 0 Å². The highest BCUT2D eigenvalue weighted by atomic mass is 32.1. The molecule has 2 N–H and O–H groups in total. The molecule has 3 aromatic heterocycles. The first-order chi connectivity index (χ1) is 8.25. The van der Waals surface area contributed by atoms with Crippen LogP contribution in [0.15, 0.2) is 36.7 Å². The number of nitrogens with zero attached hydrogens (tertiary/aromatic N) is 3. The lowest BCUT2D eigenvalue weighted by Crippen LogP contribution is -1.97. The molecular weight excluding hydrogens is 252 g/mol. The number of rotatable bonds is 1. The van der Waals surface area contributed by atoms with Gasteiger partial charge in [0.05, 0.1) is 17.4 Å². The second-order valence-corrected chi connectivity index (χ2v) is 5.10. The lowest BCUT2D eigenvalue weighted by atomic mass is 10.4. The molecule has 0 unspecified atom stereocenters. The van der Waals surface area contributed by atoms with Crippen LogP contribution in [0, 0.1) is 3.95 Å². The summed E-state index contributed by atoms with van der Waals surface area (Å²) in [7, 11) is 0. The highest BCUT2D eigenvalue weighted by Crippen LogP contribution is 2.23. The molecule has 0 fully saturated rings. The number of pyridine rings is 2. The lowest BCUT2D eigenvalue weighted by molar-refractivity contribution is 1.04. The van der Waals surface area contributed by atoms with E-state index in [0.717, 1.165) is 20.1 Å². The Morgan fingerprint density at radius 2 is 2.12 bits per heavy atom. The van der Waals surface area contributed by atoms with Gasteiger partial charge < -0.3 is 5.73 Å². The minimum absolute atomic E-state index is 0.637. The van der Waals surface area contributed by atoms with Crippen molar-refractivity contribution in [1.82, 2.24) is 14.5 Å². The van der Waals surface area contributed by atoms with Gasteiger partial charge in [-0.25, -0.2) is 9.97 Å². The van der Waals surface area contributed by atoms with E-state index in [1.54, 1.807) is 12.4 Å². The molecule has 3 aromatic rings. The second-order valence-electron chi connectivity index (χ2n) is 3.48. The van der Waals surface area contributed by atoms with Crippen LogP contribution >= 0.6 is 23.6 Å². The number of fused-ring (bicyclic) bond motifs is 1. The monoisotopic (exact) mass is 260 g/mol. The molecule has 0 saturated heterocycles. The van der Waals surface area contributed by atoms with Gasteiger partial charge in [0.2, 0.25) is 0 Å². The number of hydrogen-bond acceptors (Lipinski definition) is 5. The summed E-state index contributed by atoms with van der Waals surface area (Å²) in [5, 5.41) is 0. The van der Waals surface area contributed by atoms with Crippen LogP contribution in [0.25, 0.3) is 16.2 Å². The molecule has 0 bridgehead atoms. The normalized spacial score (nSPS) is 10.8. The van der Waals surface area contributed by atoms with Gasteiger partial charge in [-0.2, -0.15) is 0 Å². The van der Waals surface area contributed by atoms with Crippen LogP contribution in [-0.4, -0.2) is 14.5 Å². The van der Waals surface area contributed by atoms with Crippen LogP contribution in [0.1, 0.15) is 0 Å². The molecular formula is C11H8N4S2. The maximum atomic E-state index is 5.62. The maximum Gasteiger partial charge on any atom is 0.169 e. The molecule has 0 spiro atoms. The third-order valence-electron chi connectivity index (χ3n) is 2.36. The molecule has 0 atom stereocenters. The first-order valence-electron chi connectivity index (χ1n) is 4.94. The van der Waals surface area contributed by atoms with E-state index in [9.17, 15) is 0 Å². The summed E-state index contributed by atoms with van der Waals surface area (Å²) in [5.41, 5.74) is 7.23. The molecule has 17 heavy (non-hydrogen) atoms. The van der Waals surface area contributed by atoms with E-state index >= 15 is 0 Å². The number of nitrogen functional groups attached to an aromatic ring is 1. The molecule has 0 aliphatic heterocycles.